The predicted molar refractivity (Wildman–Crippen MR) is 128 cm³/mol. The fourth-order valence-electron chi connectivity index (χ4n) is 3.77. The lowest BCUT2D eigenvalue weighted by atomic mass is 10.1. The molecule has 2 aromatic carbocycles. The van der Waals surface area contributed by atoms with Crippen LogP contribution in [0.5, 0.6) is 0 Å². The first-order valence-corrected chi connectivity index (χ1v) is 12.7. The van der Waals surface area contributed by atoms with Crippen LogP contribution < -0.4 is 10.2 Å². The lowest BCUT2D eigenvalue weighted by molar-refractivity contribution is 0.285. The number of halogens is 1. The van der Waals surface area contributed by atoms with Crippen LogP contribution in [0.1, 0.15) is 28.0 Å². The number of nitrogens with one attached hydrogen (secondary N) is 1. The second-order valence-electron chi connectivity index (χ2n) is 7.42. The fraction of sp³-hybridized carbons (Fsp3) is 0.304. The van der Waals surface area contributed by atoms with Crippen molar-refractivity contribution >= 4 is 49.4 Å². The third-order valence-electron chi connectivity index (χ3n) is 5.49. The van der Waals surface area contributed by atoms with Crippen LogP contribution in [0.2, 0.25) is 0 Å². The van der Waals surface area contributed by atoms with E-state index in [-0.39, 0.29) is 6.61 Å². The number of aryl methyl sites for hydroxylation is 1. The lowest BCUT2D eigenvalue weighted by Gasteiger charge is -2.33. The molecule has 158 valence electrons. The molecule has 4 nitrogen and oxygen atoms in total. The maximum Gasteiger partial charge on any atom is 0.121 e. The maximum absolute atomic E-state index is 13.3. The van der Waals surface area contributed by atoms with Crippen LogP contribution >= 0.6 is 27.3 Å². The standard InChI is InChI=1S/C23H25BrN2O2S2/c1-15-9-10-19-21(16(15)2)26(12-6-11-25-13-17-7-4-3-5-8-17)22-20(24)18(14-27)29-23(22)30(19)28/h3-5,7-10,25,27H,6,11-14H2,1-2H3. The van der Waals surface area contributed by atoms with Gasteiger partial charge in [0.2, 0.25) is 0 Å². The summed E-state index contributed by atoms with van der Waals surface area (Å²) < 4.78 is 15.0. The maximum atomic E-state index is 13.3. The summed E-state index contributed by atoms with van der Waals surface area (Å²) in [5.74, 6) is 0. The van der Waals surface area contributed by atoms with Crippen LogP contribution in [0.15, 0.2) is 56.0 Å². The van der Waals surface area contributed by atoms with E-state index in [1.807, 2.05) is 18.2 Å². The van der Waals surface area contributed by atoms with Crippen molar-refractivity contribution in [2.45, 2.75) is 42.5 Å². The van der Waals surface area contributed by atoms with Crippen molar-refractivity contribution in [3.8, 4) is 0 Å². The summed E-state index contributed by atoms with van der Waals surface area (Å²) in [6, 6.07) is 14.4. The van der Waals surface area contributed by atoms with Crippen molar-refractivity contribution in [2.24, 2.45) is 0 Å². The van der Waals surface area contributed by atoms with Gasteiger partial charge < -0.3 is 15.3 Å². The summed E-state index contributed by atoms with van der Waals surface area (Å²) in [5, 5.41) is 13.3. The highest BCUT2D eigenvalue weighted by molar-refractivity contribution is 9.10. The molecule has 4 rings (SSSR count). The van der Waals surface area contributed by atoms with E-state index in [4.69, 9.17) is 0 Å². The van der Waals surface area contributed by atoms with E-state index >= 15 is 0 Å². The van der Waals surface area contributed by atoms with Crippen LogP contribution in [0.3, 0.4) is 0 Å². The predicted octanol–water partition coefficient (Wildman–Crippen LogP) is 5.42. The quantitative estimate of drug-likeness (QED) is 0.422. The van der Waals surface area contributed by atoms with Crippen molar-refractivity contribution in [1.82, 2.24) is 5.32 Å². The summed E-state index contributed by atoms with van der Waals surface area (Å²) in [6.07, 6.45) is 0.947. The molecule has 7 heteroatoms. The van der Waals surface area contributed by atoms with Crippen LogP contribution in [0, 0.1) is 13.8 Å². The second-order valence-corrected chi connectivity index (χ2v) is 11.0. The number of rotatable bonds is 7. The molecule has 0 spiro atoms. The third kappa shape index (κ3) is 4.01. The highest BCUT2D eigenvalue weighted by atomic mass is 79.9. The van der Waals surface area contributed by atoms with Gasteiger partial charge >= 0.3 is 0 Å². The largest absolute Gasteiger partial charge is 0.391 e. The minimum atomic E-state index is -1.23. The average molecular weight is 506 g/mol. The molecule has 0 radical (unpaired) electrons. The van der Waals surface area contributed by atoms with E-state index in [1.54, 1.807) is 0 Å². The van der Waals surface area contributed by atoms with Gasteiger partial charge in [0, 0.05) is 18.0 Å². The Hall–Kier alpha value is -1.51. The number of nitrogens with zero attached hydrogens (tertiary/aromatic N) is 1. The summed E-state index contributed by atoms with van der Waals surface area (Å²) in [7, 11) is -1.23. The summed E-state index contributed by atoms with van der Waals surface area (Å²) >= 11 is 5.11. The number of anilines is 2. The molecule has 3 aromatic rings. The molecule has 0 amide bonds. The number of aliphatic hydroxyl groups is 1. The first-order valence-electron chi connectivity index (χ1n) is 9.99. The minimum absolute atomic E-state index is 0.0592. The van der Waals surface area contributed by atoms with Gasteiger partial charge in [-0.1, -0.05) is 36.4 Å². The molecule has 1 aromatic heterocycles. The number of fused-ring (bicyclic) bond motifs is 2. The summed E-state index contributed by atoms with van der Waals surface area (Å²) in [4.78, 5) is 3.97. The molecule has 30 heavy (non-hydrogen) atoms. The van der Waals surface area contributed by atoms with Gasteiger partial charge in [-0.2, -0.15) is 0 Å². The van der Waals surface area contributed by atoms with Gasteiger partial charge in [-0.05, 0) is 65.5 Å². The number of aliphatic hydroxyl groups excluding tert-OH is 1. The van der Waals surface area contributed by atoms with Crippen LogP contribution in [0.4, 0.5) is 11.4 Å². The van der Waals surface area contributed by atoms with Crippen molar-refractivity contribution in [1.29, 1.82) is 0 Å². The van der Waals surface area contributed by atoms with Gasteiger partial charge in [0.05, 0.1) is 38.1 Å². The number of hydrogen-bond donors (Lipinski definition) is 2. The van der Waals surface area contributed by atoms with Crippen molar-refractivity contribution in [2.75, 3.05) is 18.0 Å². The van der Waals surface area contributed by atoms with Crippen molar-refractivity contribution in [3.63, 3.8) is 0 Å². The Labute approximate surface area is 192 Å². The van der Waals surface area contributed by atoms with E-state index in [2.05, 4.69) is 64.3 Å². The Bertz CT molecular complexity index is 1080. The van der Waals surface area contributed by atoms with Gasteiger partial charge in [-0.15, -0.1) is 11.3 Å². The third-order valence-corrected chi connectivity index (χ3v) is 9.52. The van der Waals surface area contributed by atoms with Gasteiger partial charge in [0.15, 0.2) is 0 Å². The van der Waals surface area contributed by atoms with E-state index in [1.165, 1.54) is 22.5 Å². The van der Waals surface area contributed by atoms with Crippen molar-refractivity contribution < 1.29 is 9.32 Å². The highest BCUT2D eigenvalue weighted by Gasteiger charge is 2.34. The Morgan fingerprint density at radius 3 is 2.63 bits per heavy atom. The molecular weight excluding hydrogens is 480 g/mol. The molecule has 1 atom stereocenters. The minimum Gasteiger partial charge on any atom is -0.391 e. The molecule has 2 N–H and O–H groups in total. The van der Waals surface area contributed by atoms with E-state index in [9.17, 15) is 9.32 Å². The Kier molecular flexibility index (Phi) is 6.75. The van der Waals surface area contributed by atoms with E-state index in [0.29, 0.717) is 0 Å². The second kappa shape index (κ2) is 9.32. The number of thiophene rings is 1. The first kappa shape index (κ1) is 21.7. The van der Waals surface area contributed by atoms with Crippen LogP contribution in [0.25, 0.3) is 0 Å². The molecule has 1 aliphatic rings. The van der Waals surface area contributed by atoms with Crippen molar-refractivity contribution in [3.05, 3.63) is 68.5 Å². The van der Waals surface area contributed by atoms with Crippen LogP contribution in [-0.4, -0.2) is 22.4 Å². The molecule has 0 saturated heterocycles. The first-order chi connectivity index (χ1) is 14.5. The zero-order valence-corrected chi connectivity index (χ0v) is 20.3. The average Bonchev–Trinajstić information content (AvgIpc) is 3.10. The lowest BCUT2D eigenvalue weighted by Crippen LogP contribution is -2.28. The molecule has 0 bridgehead atoms. The number of hydrogen-bond acceptors (Lipinski definition) is 5. The molecule has 1 unspecified atom stereocenters. The smallest absolute Gasteiger partial charge is 0.121 e. The molecule has 0 fully saturated rings. The Morgan fingerprint density at radius 1 is 1.13 bits per heavy atom. The number of benzene rings is 2. The SMILES string of the molecule is Cc1ccc2c(c1C)N(CCCNCc1ccccc1)c1c(sc(CO)c1Br)S2=O. The highest BCUT2D eigenvalue weighted by Crippen LogP contribution is 2.52. The molecule has 1 aliphatic heterocycles. The zero-order chi connectivity index (χ0) is 21.3. The van der Waals surface area contributed by atoms with Gasteiger partial charge in [-0.3, -0.25) is 0 Å². The van der Waals surface area contributed by atoms with Gasteiger partial charge in [-0.25, -0.2) is 4.21 Å². The van der Waals surface area contributed by atoms with E-state index < -0.39 is 10.8 Å². The zero-order valence-electron chi connectivity index (χ0n) is 17.1. The fourth-order valence-corrected chi connectivity index (χ4v) is 7.69. The topological polar surface area (TPSA) is 52.6 Å². The summed E-state index contributed by atoms with van der Waals surface area (Å²) in [6.45, 7) is 6.68. The summed E-state index contributed by atoms with van der Waals surface area (Å²) in [5.41, 5.74) is 5.62. The monoisotopic (exact) mass is 504 g/mol. The molecule has 0 aliphatic carbocycles. The normalized spacial score (nSPS) is 15.2. The Morgan fingerprint density at radius 2 is 1.90 bits per heavy atom. The van der Waals surface area contributed by atoms with E-state index in [0.717, 1.165) is 61.4 Å². The van der Waals surface area contributed by atoms with Gasteiger partial charge in [0.1, 0.15) is 4.21 Å². The van der Waals surface area contributed by atoms with Gasteiger partial charge in [0.25, 0.3) is 0 Å². The molecule has 0 saturated carbocycles. The Balaban J connectivity index is 1.59. The van der Waals surface area contributed by atoms with Crippen LogP contribution in [-0.2, 0) is 24.0 Å². The molecule has 2 heterocycles. The molecular formula is C23H25BrN2O2S2.